The molecule has 0 saturated carbocycles. The lowest BCUT2D eigenvalue weighted by Gasteiger charge is -2.02. The number of nitro groups is 1. The Morgan fingerprint density at radius 1 is 1.62 bits per heavy atom. The molecule has 1 rings (SSSR count). The van der Waals surface area contributed by atoms with Crippen molar-refractivity contribution in [2.45, 2.75) is 12.8 Å². The van der Waals surface area contributed by atoms with E-state index in [2.05, 4.69) is 15.9 Å². The fourth-order valence-electron chi connectivity index (χ4n) is 0.984. The number of benzene rings is 1. The monoisotopic (exact) mass is 263 g/mol. The highest BCUT2D eigenvalue weighted by atomic mass is 79.9. The first-order valence-electron chi connectivity index (χ1n) is 3.55. The zero-order chi connectivity index (χ0) is 10.0. The van der Waals surface area contributed by atoms with Crippen LogP contribution in [0.15, 0.2) is 16.6 Å². The molecule has 0 aliphatic carbocycles. The van der Waals surface area contributed by atoms with Crippen molar-refractivity contribution >= 4 is 33.2 Å². The van der Waals surface area contributed by atoms with E-state index in [0.717, 1.165) is 10.0 Å². The maximum absolute atomic E-state index is 10.6. The second-order valence-electron chi connectivity index (χ2n) is 2.62. The van der Waals surface area contributed by atoms with Crippen molar-refractivity contribution < 1.29 is 4.92 Å². The zero-order valence-electron chi connectivity index (χ0n) is 6.88. The fourth-order valence-corrected chi connectivity index (χ4v) is 1.59. The third-order valence-electron chi connectivity index (χ3n) is 1.70. The molecule has 0 bridgehead atoms. The lowest BCUT2D eigenvalue weighted by molar-refractivity contribution is -0.385. The van der Waals surface area contributed by atoms with Gasteiger partial charge in [-0.15, -0.1) is 11.6 Å². The van der Waals surface area contributed by atoms with Crippen molar-refractivity contribution in [3.63, 3.8) is 0 Å². The van der Waals surface area contributed by atoms with E-state index in [0.29, 0.717) is 5.56 Å². The molecule has 0 saturated heterocycles. The minimum absolute atomic E-state index is 0.0794. The number of hydrogen-bond acceptors (Lipinski definition) is 2. The summed E-state index contributed by atoms with van der Waals surface area (Å²) >= 11 is 8.86. The van der Waals surface area contributed by atoms with E-state index >= 15 is 0 Å². The van der Waals surface area contributed by atoms with Gasteiger partial charge < -0.3 is 0 Å². The average molecular weight is 265 g/mol. The first-order chi connectivity index (χ1) is 6.06. The summed E-state index contributed by atoms with van der Waals surface area (Å²) in [5, 5.41) is 10.6. The van der Waals surface area contributed by atoms with Crippen LogP contribution in [0, 0.1) is 17.0 Å². The molecule has 1 aromatic carbocycles. The van der Waals surface area contributed by atoms with E-state index in [9.17, 15) is 10.1 Å². The maximum atomic E-state index is 10.6. The Morgan fingerprint density at radius 2 is 2.23 bits per heavy atom. The van der Waals surface area contributed by atoms with Gasteiger partial charge in [-0.3, -0.25) is 10.1 Å². The standard InChI is InChI=1S/C8H7BrClNO2/c1-5-2-8(11(12)13)6(4-10)3-7(5)9/h2-3H,4H2,1H3. The number of hydrogen-bond donors (Lipinski definition) is 0. The lowest BCUT2D eigenvalue weighted by Crippen LogP contribution is -1.94. The van der Waals surface area contributed by atoms with Gasteiger partial charge in [-0.2, -0.15) is 0 Å². The lowest BCUT2D eigenvalue weighted by atomic mass is 10.1. The Bertz CT molecular complexity index is 354. The molecular weight excluding hydrogens is 257 g/mol. The van der Waals surface area contributed by atoms with Crippen LogP contribution < -0.4 is 0 Å². The van der Waals surface area contributed by atoms with Gasteiger partial charge >= 0.3 is 0 Å². The summed E-state index contributed by atoms with van der Waals surface area (Å²) in [7, 11) is 0. The molecule has 0 spiro atoms. The Kier molecular flexibility index (Phi) is 3.27. The highest BCUT2D eigenvalue weighted by Crippen LogP contribution is 2.27. The van der Waals surface area contributed by atoms with E-state index in [1.54, 1.807) is 13.0 Å². The number of halogens is 2. The summed E-state index contributed by atoms with van der Waals surface area (Å²) < 4.78 is 0.841. The van der Waals surface area contributed by atoms with Crippen molar-refractivity contribution in [1.82, 2.24) is 0 Å². The van der Waals surface area contributed by atoms with Gasteiger partial charge in [-0.1, -0.05) is 15.9 Å². The number of nitrogens with zero attached hydrogens (tertiary/aromatic N) is 1. The predicted molar refractivity (Wildman–Crippen MR) is 55.1 cm³/mol. The third-order valence-corrected chi connectivity index (χ3v) is 2.84. The SMILES string of the molecule is Cc1cc([N+](=O)[O-])c(CCl)cc1Br. The molecule has 0 atom stereocenters. The quantitative estimate of drug-likeness (QED) is 0.467. The Morgan fingerprint density at radius 3 is 2.69 bits per heavy atom. The van der Waals surface area contributed by atoms with E-state index in [1.165, 1.54) is 6.07 Å². The van der Waals surface area contributed by atoms with Gasteiger partial charge in [0.05, 0.1) is 10.8 Å². The van der Waals surface area contributed by atoms with Crippen LogP contribution in [-0.4, -0.2) is 4.92 Å². The molecule has 0 amide bonds. The number of alkyl halides is 1. The highest BCUT2D eigenvalue weighted by molar-refractivity contribution is 9.10. The fraction of sp³-hybridized carbons (Fsp3) is 0.250. The van der Waals surface area contributed by atoms with Crippen LogP contribution in [0.4, 0.5) is 5.69 Å². The van der Waals surface area contributed by atoms with Crippen molar-refractivity contribution in [2.24, 2.45) is 0 Å². The maximum Gasteiger partial charge on any atom is 0.274 e. The third kappa shape index (κ3) is 2.19. The van der Waals surface area contributed by atoms with Crippen LogP contribution in [0.1, 0.15) is 11.1 Å². The molecule has 0 N–H and O–H groups in total. The largest absolute Gasteiger partial charge is 0.274 e. The Hall–Kier alpha value is -0.610. The van der Waals surface area contributed by atoms with Crippen LogP contribution >= 0.6 is 27.5 Å². The molecule has 0 aliphatic heterocycles. The molecule has 0 fully saturated rings. The molecule has 0 aliphatic rings. The minimum atomic E-state index is -0.419. The minimum Gasteiger partial charge on any atom is -0.258 e. The van der Waals surface area contributed by atoms with Gasteiger partial charge in [0.2, 0.25) is 0 Å². The number of rotatable bonds is 2. The Balaban J connectivity index is 3.33. The van der Waals surface area contributed by atoms with E-state index in [-0.39, 0.29) is 11.6 Å². The molecule has 0 aromatic heterocycles. The molecule has 70 valence electrons. The van der Waals surface area contributed by atoms with Gasteiger partial charge in [-0.25, -0.2) is 0 Å². The van der Waals surface area contributed by atoms with Crippen molar-refractivity contribution in [2.75, 3.05) is 0 Å². The molecule has 0 heterocycles. The molecule has 0 radical (unpaired) electrons. The van der Waals surface area contributed by atoms with Crippen LogP contribution in [0.5, 0.6) is 0 Å². The first-order valence-corrected chi connectivity index (χ1v) is 4.88. The van der Waals surface area contributed by atoms with Gasteiger partial charge in [0.1, 0.15) is 0 Å². The van der Waals surface area contributed by atoms with Crippen molar-refractivity contribution in [1.29, 1.82) is 0 Å². The van der Waals surface area contributed by atoms with Crippen molar-refractivity contribution in [3.05, 3.63) is 37.8 Å². The summed E-state index contributed by atoms with van der Waals surface area (Å²) in [6, 6.07) is 3.20. The average Bonchev–Trinajstić information content (AvgIpc) is 2.08. The van der Waals surface area contributed by atoms with Gasteiger partial charge in [0, 0.05) is 16.1 Å². The van der Waals surface area contributed by atoms with Crippen LogP contribution in [0.25, 0.3) is 0 Å². The predicted octanol–water partition coefficient (Wildman–Crippen LogP) is 3.40. The molecular formula is C8H7BrClNO2. The molecule has 0 unspecified atom stereocenters. The summed E-state index contributed by atoms with van der Waals surface area (Å²) in [5.41, 5.74) is 1.44. The van der Waals surface area contributed by atoms with Crippen LogP contribution in [-0.2, 0) is 5.88 Å². The summed E-state index contributed by atoms with van der Waals surface area (Å²) in [4.78, 5) is 10.2. The molecule has 5 heteroatoms. The zero-order valence-corrected chi connectivity index (χ0v) is 9.22. The van der Waals surface area contributed by atoms with Gasteiger partial charge in [-0.05, 0) is 18.6 Å². The topological polar surface area (TPSA) is 43.1 Å². The second-order valence-corrected chi connectivity index (χ2v) is 3.74. The van der Waals surface area contributed by atoms with Gasteiger partial charge in [0.15, 0.2) is 0 Å². The number of nitro benzene ring substituents is 1. The number of aryl methyl sites for hydroxylation is 1. The molecule has 1 aromatic rings. The summed E-state index contributed by atoms with van der Waals surface area (Å²) in [6.45, 7) is 1.80. The van der Waals surface area contributed by atoms with Crippen molar-refractivity contribution in [3.8, 4) is 0 Å². The highest BCUT2D eigenvalue weighted by Gasteiger charge is 2.14. The molecule has 13 heavy (non-hydrogen) atoms. The van der Waals surface area contributed by atoms with Gasteiger partial charge in [0.25, 0.3) is 5.69 Å². The van der Waals surface area contributed by atoms with E-state index in [4.69, 9.17) is 11.6 Å². The normalized spacial score (nSPS) is 10.1. The van der Waals surface area contributed by atoms with E-state index in [1.807, 2.05) is 0 Å². The smallest absolute Gasteiger partial charge is 0.258 e. The summed E-state index contributed by atoms with van der Waals surface area (Å²) in [5.74, 6) is 0.148. The Labute approximate surface area is 89.0 Å². The summed E-state index contributed by atoms with van der Waals surface area (Å²) in [6.07, 6.45) is 0. The van der Waals surface area contributed by atoms with Crippen LogP contribution in [0.3, 0.4) is 0 Å². The first kappa shape index (κ1) is 10.5. The molecule has 3 nitrogen and oxygen atoms in total. The van der Waals surface area contributed by atoms with E-state index < -0.39 is 4.92 Å². The second kappa shape index (κ2) is 4.07. The van der Waals surface area contributed by atoms with Crippen LogP contribution in [0.2, 0.25) is 0 Å².